The van der Waals surface area contributed by atoms with Crippen molar-refractivity contribution in [1.29, 1.82) is 0 Å². The van der Waals surface area contributed by atoms with Gasteiger partial charge in [-0.3, -0.25) is 19.2 Å². The van der Waals surface area contributed by atoms with Gasteiger partial charge in [-0.1, -0.05) is 19.3 Å². The number of nitrogens with one attached hydrogen (secondary N) is 3. The summed E-state index contributed by atoms with van der Waals surface area (Å²) < 4.78 is 4.71. The molecule has 3 N–H and O–H groups in total. The highest BCUT2D eigenvalue weighted by Gasteiger charge is 2.21. The molecule has 8 heteroatoms. The summed E-state index contributed by atoms with van der Waals surface area (Å²) in [6.07, 6.45) is 4.92. The molecule has 0 saturated heterocycles. The maximum atomic E-state index is 11.8. The Morgan fingerprint density at radius 2 is 1.64 bits per heavy atom. The van der Waals surface area contributed by atoms with Crippen LogP contribution in [0.25, 0.3) is 0 Å². The smallest absolute Gasteiger partial charge is 0.325 e. The maximum Gasteiger partial charge on any atom is 0.325 e. The molecular formula is C14H23N3O5. The van der Waals surface area contributed by atoms with Crippen molar-refractivity contribution in [3.8, 4) is 0 Å². The van der Waals surface area contributed by atoms with E-state index in [0.717, 1.165) is 32.1 Å². The molecule has 1 rings (SSSR count). The molecule has 0 heterocycles. The van der Waals surface area contributed by atoms with E-state index in [9.17, 15) is 19.2 Å². The Hall–Kier alpha value is -2.12. The number of amides is 3. The average Bonchev–Trinajstić information content (AvgIpc) is 2.56. The van der Waals surface area contributed by atoms with Gasteiger partial charge in [-0.15, -0.1) is 0 Å². The first-order valence-electron chi connectivity index (χ1n) is 7.43. The fourth-order valence-electron chi connectivity index (χ4n) is 2.18. The second kappa shape index (κ2) is 9.75. The fourth-order valence-corrected chi connectivity index (χ4v) is 2.18. The largest absolute Gasteiger partial charge is 0.454 e. The minimum atomic E-state index is -0.681. The second-order valence-corrected chi connectivity index (χ2v) is 5.16. The molecule has 0 radical (unpaired) electrons. The van der Waals surface area contributed by atoms with E-state index in [1.165, 1.54) is 7.05 Å². The van der Waals surface area contributed by atoms with Gasteiger partial charge in [0.25, 0.3) is 5.91 Å². The van der Waals surface area contributed by atoms with Crippen LogP contribution in [0.15, 0.2) is 0 Å². The van der Waals surface area contributed by atoms with Crippen molar-refractivity contribution in [2.75, 3.05) is 26.7 Å². The summed E-state index contributed by atoms with van der Waals surface area (Å²) in [5.41, 5.74) is 0. The summed E-state index contributed by atoms with van der Waals surface area (Å²) >= 11 is 0. The summed E-state index contributed by atoms with van der Waals surface area (Å²) in [4.78, 5) is 45.4. The van der Waals surface area contributed by atoms with Gasteiger partial charge >= 0.3 is 5.97 Å². The van der Waals surface area contributed by atoms with Crippen molar-refractivity contribution in [2.45, 2.75) is 32.1 Å². The van der Waals surface area contributed by atoms with Crippen LogP contribution in [0.4, 0.5) is 0 Å². The van der Waals surface area contributed by atoms with Gasteiger partial charge in [0.2, 0.25) is 11.8 Å². The van der Waals surface area contributed by atoms with Crippen LogP contribution >= 0.6 is 0 Å². The molecule has 0 unspecified atom stereocenters. The quantitative estimate of drug-likeness (QED) is 0.527. The summed E-state index contributed by atoms with van der Waals surface area (Å²) in [6, 6.07) is 0. The Bertz CT molecular complexity index is 419. The minimum absolute atomic E-state index is 0.0302. The lowest BCUT2D eigenvalue weighted by Crippen LogP contribution is -2.39. The maximum absolute atomic E-state index is 11.8. The SMILES string of the molecule is CNC(=O)CNC(=O)COC(=O)CNC(=O)C1CCCCC1. The molecule has 1 saturated carbocycles. The molecule has 1 fully saturated rings. The molecule has 0 bridgehead atoms. The molecule has 3 amide bonds. The number of carbonyl (C=O) groups is 4. The molecule has 0 aromatic carbocycles. The number of esters is 1. The van der Waals surface area contributed by atoms with Crippen molar-refractivity contribution < 1.29 is 23.9 Å². The fraction of sp³-hybridized carbons (Fsp3) is 0.714. The lowest BCUT2D eigenvalue weighted by atomic mass is 9.89. The van der Waals surface area contributed by atoms with Crippen LogP contribution in [0, 0.1) is 5.92 Å². The Labute approximate surface area is 129 Å². The predicted molar refractivity (Wildman–Crippen MR) is 77.6 cm³/mol. The van der Waals surface area contributed by atoms with Crippen LogP contribution in [0.1, 0.15) is 32.1 Å². The summed E-state index contributed by atoms with van der Waals surface area (Å²) in [6.45, 7) is -0.904. The van der Waals surface area contributed by atoms with E-state index < -0.39 is 18.5 Å². The van der Waals surface area contributed by atoms with Gasteiger partial charge in [0.1, 0.15) is 6.54 Å². The molecule has 0 aromatic heterocycles. The van der Waals surface area contributed by atoms with Gasteiger partial charge in [-0.2, -0.15) is 0 Å². The number of likely N-dealkylation sites (N-methyl/N-ethyl adjacent to an activating group) is 1. The Kier molecular flexibility index (Phi) is 7.95. The molecule has 1 aliphatic rings. The second-order valence-electron chi connectivity index (χ2n) is 5.16. The zero-order valence-corrected chi connectivity index (χ0v) is 12.8. The first-order chi connectivity index (χ1) is 10.5. The van der Waals surface area contributed by atoms with Crippen LogP contribution in [-0.4, -0.2) is 50.4 Å². The zero-order chi connectivity index (χ0) is 16.4. The Morgan fingerprint density at radius 1 is 0.955 bits per heavy atom. The van der Waals surface area contributed by atoms with Crippen LogP contribution in [0.5, 0.6) is 0 Å². The highest BCUT2D eigenvalue weighted by molar-refractivity contribution is 5.87. The summed E-state index contributed by atoms with van der Waals surface area (Å²) in [5.74, 6) is -1.77. The van der Waals surface area contributed by atoms with Crippen molar-refractivity contribution in [3.63, 3.8) is 0 Å². The number of ether oxygens (including phenoxy) is 1. The molecule has 124 valence electrons. The highest BCUT2D eigenvalue weighted by Crippen LogP contribution is 2.23. The van der Waals surface area contributed by atoms with Gasteiger partial charge in [-0.25, -0.2) is 0 Å². The number of rotatable bonds is 7. The molecular weight excluding hydrogens is 290 g/mol. The standard InChI is InChI=1S/C14H23N3O5/c1-15-11(18)7-16-12(19)9-22-13(20)8-17-14(21)10-5-3-2-4-6-10/h10H,2-9H2,1H3,(H,15,18)(H,16,19)(H,17,21). The zero-order valence-electron chi connectivity index (χ0n) is 12.8. The van der Waals surface area contributed by atoms with Crippen molar-refractivity contribution in [1.82, 2.24) is 16.0 Å². The monoisotopic (exact) mass is 313 g/mol. The average molecular weight is 313 g/mol. The van der Waals surface area contributed by atoms with Gasteiger partial charge < -0.3 is 20.7 Å². The van der Waals surface area contributed by atoms with E-state index in [0.29, 0.717) is 0 Å². The molecule has 0 spiro atoms. The first-order valence-corrected chi connectivity index (χ1v) is 7.43. The molecule has 0 atom stereocenters. The van der Waals surface area contributed by atoms with E-state index in [4.69, 9.17) is 4.74 Å². The van der Waals surface area contributed by atoms with Gasteiger partial charge in [-0.05, 0) is 12.8 Å². The van der Waals surface area contributed by atoms with Gasteiger partial charge in [0.05, 0.1) is 6.54 Å². The third-order valence-corrected chi connectivity index (χ3v) is 3.47. The molecule has 0 aromatic rings. The predicted octanol–water partition coefficient (Wildman–Crippen LogP) is -0.912. The van der Waals surface area contributed by atoms with Crippen LogP contribution in [0.2, 0.25) is 0 Å². The van der Waals surface area contributed by atoms with Crippen LogP contribution in [0.3, 0.4) is 0 Å². The lowest BCUT2D eigenvalue weighted by molar-refractivity contribution is -0.148. The van der Waals surface area contributed by atoms with E-state index >= 15 is 0 Å². The Balaban J connectivity index is 2.13. The number of carbonyl (C=O) groups excluding carboxylic acids is 4. The first kappa shape index (κ1) is 17.9. The van der Waals surface area contributed by atoms with Crippen molar-refractivity contribution >= 4 is 23.7 Å². The van der Waals surface area contributed by atoms with Crippen LogP contribution < -0.4 is 16.0 Å². The third-order valence-electron chi connectivity index (χ3n) is 3.47. The van der Waals surface area contributed by atoms with Crippen LogP contribution in [-0.2, 0) is 23.9 Å². The highest BCUT2D eigenvalue weighted by atomic mass is 16.5. The molecule has 22 heavy (non-hydrogen) atoms. The van der Waals surface area contributed by atoms with Crippen molar-refractivity contribution in [2.24, 2.45) is 5.92 Å². The minimum Gasteiger partial charge on any atom is -0.454 e. The topological polar surface area (TPSA) is 114 Å². The van der Waals surface area contributed by atoms with Gasteiger partial charge in [0, 0.05) is 13.0 Å². The summed E-state index contributed by atoms with van der Waals surface area (Å²) in [7, 11) is 1.45. The molecule has 1 aliphatic carbocycles. The third kappa shape index (κ3) is 7.05. The lowest BCUT2D eigenvalue weighted by Gasteiger charge is -2.20. The normalized spacial score (nSPS) is 14.8. The van der Waals surface area contributed by atoms with E-state index in [1.54, 1.807) is 0 Å². The van der Waals surface area contributed by atoms with E-state index in [-0.39, 0.29) is 30.8 Å². The molecule has 8 nitrogen and oxygen atoms in total. The van der Waals surface area contributed by atoms with E-state index in [2.05, 4.69) is 16.0 Å². The number of hydrogen-bond donors (Lipinski definition) is 3. The van der Waals surface area contributed by atoms with E-state index in [1.807, 2.05) is 0 Å². The van der Waals surface area contributed by atoms with Gasteiger partial charge in [0.15, 0.2) is 6.61 Å². The summed E-state index contributed by atoms with van der Waals surface area (Å²) in [5, 5.41) is 7.16. The Morgan fingerprint density at radius 3 is 2.27 bits per heavy atom. The number of hydrogen-bond acceptors (Lipinski definition) is 5. The molecule has 0 aliphatic heterocycles. The van der Waals surface area contributed by atoms with Crippen molar-refractivity contribution in [3.05, 3.63) is 0 Å².